The van der Waals surface area contributed by atoms with Crippen LogP contribution in [0.25, 0.3) is 0 Å². The first kappa shape index (κ1) is 12.7. The van der Waals surface area contributed by atoms with Crippen LogP contribution in [0.4, 0.5) is 20.2 Å². The molecular weight excluding hydrogens is 246 g/mol. The van der Waals surface area contributed by atoms with Gasteiger partial charge in [0.05, 0.1) is 11.4 Å². The van der Waals surface area contributed by atoms with Crippen LogP contribution in [0.15, 0.2) is 12.1 Å². The Morgan fingerprint density at radius 1 is 1.26 bits per heavy atom. The van der Waals surface area contributed by atoms with Crippen LogP contribution in [0.2, 0.25) is 0 Å². The molecule has 0 heterocycles. The van der Waals surface area contributed by atoms with Gasteiger partial charge in [-0.3, -0.25) is 0 Å². The molecule has 3 unspecified atom stereocenters. The number of fused-ring (bicyclic) bond motifs is 2. The van der Waals surface area contributed by atoms with Crippen molar-refractivity contribution in [2.45, 2.75) is 25.7 Å². The highest BCUT2D eigenvalue weighted by atomic mass is 19.2. The van der Waals surface area contributed by atoms with Crippen LogP contribution in [0.5, 0.6) is 0 Å². The SMILES string of the molecule is CN(CC1CC2CCC1C2)c1c(N)ccc(F)c1F. The van der Waals surface area contributed by atoms with E-state index in [0.717, 1.165) is 24.4 Å². The lowest BCUT2D eigenvalue weighted by molar-refractivity contribution is 0.336. The van der Waals surface area contributed by atoms with E-state index < -0.39 is 11.6 Å². The second-order valence-corrected chi connectivity index (χ2v) is 6.11. The first-order valence-electron chi connectivity index (χ1n) is 7.01. The van der Waals surface area contributed by atoms with Crippen LogP contribution < -0.4 is 10.6 Å². The van der Waals surface area contributed by atoms with E-state index in [2.05, 4.69) is 0 Å². The molecule has 0 aromatic heterocycles. The lowest BCUT2D eigenvalue weighted by atomic mass is 9.88. The zero-order chi connectivity index (χ0) is 13.6. The van der Waals surface area contributed by atoms with E-state index >= 15 is 0 Å². The molecule has 2 bridgehead atoms. The van der Waals surface area contributed by atoms with Crippen molar-refractivity contribution in [1.82, 2.24) is 0 Å². The minimum atomic E-state index is -0.830. The van der Waals surface area contributed by atoms with Gasteiger partial charge in [0.15, 0.2) is 11.6 Å². The van der Waals surface area contributed by atoms with E-state index in [0.29, 0.717) is 11.6 Å². The van der Waals surface area contributed by atoms with Gasteiger partial charge in [0.1, 0.15) is 0 Å². The number of nitrogens with two attached hydrogens (primary N) is 1. The Labute approximate surface area is 112 Å². The van der Waals surface area contributed by atoms with Crippen molar-refractivity contribution in [2.75, 3.05) is 24.2 Å². The first-order chi connectivity index (χ1) is 9.06. The lowest BCUT2D eigenvalue weighted by Gasteiger charge is -2.29. The van der Waals surface area contributed by atoms with E-state index in [4.69, 9.17) is 5.73 Å². The first-order valence-corrected chi connectivity index (χ1v) is 7.01. The average Bonchev–Trinajstić information content (AvgIpc) is 2.96. The summed E-state index contributed by atoms with van der Waals surface area (Å²) in [7, 11) is 1.81. The number of anilines is 2. The summed E-state index contributed by atoms with van der Waals surface area (Å²) < 4.78 is 27.2. The highest BCUT2D eigenvalue weighted by molar-refractivity contribution is 5.68. The lowest BCUT2D eigenvalue weighted by Crippen LogP contribution is -2.30. The van der Waals surface area contributed by atoms with Gasteiger partial charge in [-0.15, -0.1) is 0 Å². The number of rotatable bonds is 3. The maximum absolute atomic E-state index is 13.9. The Morgan fingerprint density at radius 3 is 2.68 bits per heavy atom. The molecule has 0 amide bonds. The summed E-state index contributed by atoms with van der Waals surface area (Å²) in [5, 5.41) is 0. The van der Waals surface area contributed by atoms with Crippen molar-refractivity contribution in [3.05, 3.63) is 23.8 Å². The third-order valence-electron chi connectivity index (χ3n) is 4.87. The zero-order valence-electron chi connectivity index (χ0n) is 11.2. The Morgan fingerprint density at radius 2 is 2.05 bits per heavy atom. The molecule has 4 heteroatoms. The molecule has 2 fully saturated rings. The van der Waals surface area contributed by atoms with Crippen molar-refractivity contribution in [2.24, 2.45) is 17.8 Å². The molecule has 3 atom stereocenters. The fourth-order valence-corrected chi connectivity index (χ4v) is 3.99. The van der Waals surface area contributed by atoms with Crippen LogP contribution in [0.1, 0.15) is 25.7 Å². The third kappa shape index (κ3) is 2.17. The van der Waals surface area contributed by atoms with E-state index in [-0.39, 0.29) is 5.69 Å². The van der Waals surface area contributed by atoms with Crippen molar-refractivity contribution in [1.29, 1.82) is 0 Å². The van der Waals surface area contributed by atoms with Crippen LogP contribution in [0, 0.1) is 29.4 Å². The van der Waals surface area contributed by atoms with Gasteiger partial charge >= 0.3 is 0 Å². The fraction of sp³-hybridized carbons (Fsp3) is 0.600. The normalized spacial score (nSPS) is 28.9. The molecule has 2 aliphatic rings. The summed E-state index contributed by atoms with van der Waals surface area (Å²) in [6, 6.07) is 2.52. The predicted molar refractivity (Wildman–Crippen MR) is 73.0 cm³/mol. The monoisotopic (exact) mass is 266 g/mol. The predicted octanol–water partition coefficient (Wildman–Crippen LogP) is 3.42. The zero-order valence-corrected chi connectivity index (χ0v) is 11.2. The summed E-state index contributed by atoms with van der Waals surface area (Å²) in [5.74, 6) is 0.573. The second-order valence-electron chi connectivity index (χ2n) is 6.11. The van der Waals surface area contributed by atoms with Gasteiger partial charge in [-0.2, -0.15) is 0 Å². The minimum Gasteiger partial charge on any atom is -0.397 e. The van der Waals surface area contributed by atoms with Gasteiger partial charge in [-0.25, -0.2) is 8.78 Å². The summed E-state index contributed by atoms with van der Waals surface area (Å²) in [6.07, 6.45) is 5.19. The number of benzene rings is 1. The second kappa shape index (κ2) is 4.66. The molecule has 2 nitrogen and oxygen atoms in total. The number of hydrogen-bond acceptors (Lipinski definition) is 2. The number of hydrogen-bond donors (Lipinski definition) is 1. The van der Waals surface area contributed by atoms with E-state index in [1.54, 1.807) is 11.9 Å². The highest BCUT2D eigenvalue weighted by Crippen LogP contribution is 2.48. The minimum absolute atomic E-state index is 0.211. The van der Waals surface area contributed by atoms with Gasteiger partial charge < -0.3 is 10.6 Å². The standard InChI is InChI=1S/C15H20F2N2/c1-19(8-11-7-9-2-3-10(11)6-9)15-13(18)5-4-12(16)14(15)17/h4-5,9-11H,2-3,6-8,18H2,1H3. The Bertz CT molecular complexity index is 489. The van der Waals surface area contributed by atoms with Crippen LogP contribution in [-0.4, -0.2) is 13.6 Å². The van der Waals surface area contributed by atoms with Gasteiger partial charge in [-0.05, 0) is 49.1 Å². The molecule has 2 saturated carbocycles. The van der Waals surface area contributed by atoms with Crippen molar-refractivity contribution in [3.63, 3.8) is 0 Å². The largest absolute Gasteiger partial charge is 0.397 e. The van der Waals surface area contributed by atoms with E-state index in [9.17, 15) is 8.78 Å². The molecule has 1 aromatic rings. The van der Waals surface area contributed by atoms with E-state index in [1.807, 2.05) is 0 Å². The molecule has 0 aliphatic heterocycles. The molecule has 2 aliphatic carbocycles. The third-order valence-corrected chi connectivity index (χ3v) is 4.87. The Balaban J connectivity index is 1.77. The number of halogens is 2. The topological polar surface area (TPSA) is 29.3 Å². The van der Waals surface area contributed by atoms with Crippen LogP contribution in [0.3, 0.4) is 0 Å². The van der Waals surface area contributed by atoms with Crippen LogP contribution >= 0.6 is 0 Å². The number of nitrogens with zero attached hydrogens (tertiary/aromatic N) is 1. The van der Waals surface area contributed by atoms with E-state index in [1.165, 1.54) is 31.7 Å². The van der Waals surface area contributed by atoms with Crippen LogP contribution in [-0.2, 0) is 0 Å². The maximum atomic E-state index is 13.9. The molecular formula is C15H20F2N2. The molecule has 3 rings (SSSR count). The van der Waals surface area contributed by atoms with Crippen molar-refractivity contribution in [3.8, 4) is 0 Å². The van der Waals surface area contributed by atoms with Crippen molar-refractivity contribution >= 4 is 11.4 Å². The molecule has 0 spiro atoms. The molecule has 2 N–H and O–H groups in total. The molecule has 1 aromatic carbocycles. The van der Waals surface area contributed by atoms with Gasteiger partial charge in [0, 0.05) is 13.6 Å². The average molecular weight is 266 g/mol. The molecule has 19 heavy (non-hydrogen) atoms. The molecule has 0 radical (unpaired) electrons. The van der Waals surface area contributed by atoms with Crippen molar-refractivity contribution < 1.29 is 8.78 Å². The molecule has 0 saturated heterocycles. The Kier molecular flexibility index (Phi) is 3.11. The van der Waals surface area contributed by atoms with Gasteiger partial charge in [-0.1, -0.05) is 6.42 Å². The maximum Gasteiger partial charge on any atom is 0.184 e. The summed E-state index contributed by atoms with van der Waals surface area (Å²) in [6.45, 7) is 0.770. The highest BCUT2D eigenvalue weighted by Gasteiger charge is 2.40. The van der Waals surface area contributed by atoms with Gasteiger partial charge in [0.25, 0.3) is 0 Å². The quantitative estimate of drug-likeness (QED) is 0.849. The smallest absolute Gasteiger partial charge is 0.184 e. The summed E-state index contributed by atoms with van der Waals surface area (Å²) >= 11 is 0. The summed E-state index contributed by atoms with van der Waals surface area (Å²) in [5.41, 5.74) is 6.31. The molecule has 104 valence electrons. The fourth-order valence-electron chi connectivity index (χ4n) is 3.99. The summed E-state index contributed by atoms with van der Waals surface area (Å²) in [4.78, 5) is 1.79. The van der Waals surface area contributed by atoms with Gasteiger partial charge in [0.2, 0.25) is 0 Å². The number of nitrogen functional groups attached to an aromatic ring is 1. The Hall–Kier alpha value is -1.32.